The van der Waals surface area contributed by atoms with Crippen LogP contribution in [0.2, 0.25) is 5.02 Å². The molecule has 1 fully saturated rings. The molecule has 39 heavy (non-hydrogen) atoms. The molecule has 0 bridgehead atoms. The molecule has 1 saturated heterocycles. The average Bonchev–Trinajstić information content (AvgIpc) is 3.26. The van der Waals surface area contributed by atoms with E-state index in [0.717, 1.165) is 49.2 Å². The van der Waals surface area contributed by atoms with Crippen molar-refractivity contribution in [1.29, 1.82) is 0 Å². The summed E-state index contributed by atoms with van der Waals surface area (Å²) in [4.78, 5) is 22.1. The number of halogens is 1. The summed E-state index contributed by atoms with van der Waals surface area (Å²) in [6.45, 7) is 10.0. The minimum Gasteiger partial charge on any atom is -0.494 e. The number of aryl methyl sites for hydroxylation is 2. The van der Waals surface area contributed by atoms with Crippen molar-refractivity contribution in [2.24, 2.45) is 0 Å². The molecule has 1 unspecified atom stereocenters. The highest BCUT2D eigenvalue weighted by atomic mass is 35.5. The molecule has 0 aliphatic carbocycles. The number of nitrogens with two attached hydrogens (primary N) is 1. The average molecular weight is 559 g/mol. The number of methoxy groups -OCH3 is 1. The van der Waals surface area contributed by atoms with Crippen LogP contribution < -0.4 is 15.8 Å². The van der Waals surface area contributed by atoms with Crippen LogP contribution in [0.5, 0.6) is 5.75 Å². The number of anilines is 1. The predicted molar refractivity (Wildman–Crippen MR) is 153 cm³/mol. The Bertz CT molecular complexity index is 1250. The SMILES string of the molecule is CNCCCOc1ccc(Cl)c(-c2nc(N)c(C)c(-c3c(C)noc3C)n2)c1.COC(=O)N1CCCCC1C. The second-order valence-corrected chi connectivity index (χ2v) is 9.97. The van der Waals surface area contributed by atoms with Crippen molar-refractivity contribution in [2.75, 3.05) is 39.6 Å². The molecular formula is C28H39ClN6O4. The number of amides is 1. The van der Waals surface area contributed by atoms with Gasteiger partial charge in [0.2, 0.25) is 0 Å². The number of carbonyl (C=O) groups excluding carboxylic acids is 1. The second kappa shape index (κ2) is 14.1. The van der Waals surface area contributed by atoms with Crippen molar-refractivity contribution in [3.05, 3.63) is 40.2 Å². The number of nitrogens with one attached hydrogen (secondary N) is 1. The molecule has 4 rings (SSSR count). The van der Waals surface area contributed by atoms with E-state index in [1.54, 1.807) is 11.0 Å². The minimum absolute atomic E-state index is 0.183. The standard InChI is InChI=1S/C20H24ClN5O2.C8H15NO2/c1-11-18(17-12(2)26-28-13(17)3)24-20(25-19(11)22)15-10-14(6-7-16(15)21)27-9-5-8-23-4;1-7-5-3-4-6-9(7)8(10)11-2/h6-7,10,23H,5,8-9H2,1-4H3,(H2,22,24,25);7H,3-6H2,1-2H3. The Hall–Kier alpha value is -3.37. The summed E-state index contributed by atoms with van der Waals surface area (Å²) in [6.07, 6.45) is 4.17. The number of ether oxygens (including phenoxy) is 2. The molecule has 1 amide bonds. The fraction of sp³-hybridized carbons (Fsp3) is 0.500. The number of benzene rings is 1. The van der Waals surface area contributed by atoms with Crippen LogP contribution in [-0.4, -0.2) is 66.0 Å². The first-order chi connectivity index (χ1) is 18.7. The summed E-state index contributed by atoms with van der Waals surface area (Å²) >= 11 is 6.43. The monoisotopic (exact) mass is 558 g/mol. The van der Waals surface area contributed by atoms with Gasteiger partial charge < -0.3 is 29.9 Å². The zero-order valence-corrected chi connectivity index (χ0v) is 24.4. The van der Waals surface area contributed by atoms with Gasteiger partial charge in [0.25, 0.3) is 0 Å². The maximum atomic E-state index is 11.1. The van der Waals surface area contributed by atoms with E-state index in [2.05, 4.69) is 27.1 Å². The molecule has 0 spiro atoms. The summed E-state index contributed by atoms with van der Waals surface area (Å²) in [5.41, 5.74) is 9.88. The molecule has 1 aromatic carbocycles. The van der Waals surface area contributed by atoms with Crippen molar-refractivity contribution in [3.63, 3.8) is 0 Å². The van der Waals surface area contributed by atoms with Crippen LogP contribution in [0, 0.1) is 20.8 Å². The van der Waals surface area contributed by atoms with Crippen LogP contribution in [0.15, 0.2) is 22.7 Å². The van der Waals surface area contributed by atoms with Crippen LogP contribution >= 0.6 is 11.6 Å². The first kappa shape index (κ1) is 30.2. The summed E-state index contributed by atoms with van der Waals surface area (Å²) in [5, 5.41) is 7.64. The summed E-state index contributed by atoms with van der Waals surface area (Å²) in [7, 11) is 3.35. The van der Waals surface area contributed by atoms with Crippen molar-refractivity contribution >= 4 is 23.5 Å². The van der Waals surface area contributed by atoms with Gasteiger partial charge >= 0.3 is 6.09 Å². The van der Waals surface area contributed by atoms with E-state index in [4.69, 9.17) is 31.6 Å². The van der Waals surface area contributed by atoms with Gasteiger partial charge in [-0.25, -0.2) is 14.8 Å². The lowest BCUT2D eigenvalue weighted by Crippen LogP contribution is -2.41. The molecule has 212 valence electrons. The van der Waals surface area contributed by atoms with Gasteiger partial charge in [0, 0.05) is 23.7 Å². The fourth-order valence-electron chi connectivity index (χ4n) is 4.41. The lowest BCUT2D eigenvalue weighted by atomic mass is 10.0. The highest BCUT2D eigenvalue weighted by molar-refractivity contribution is 6.33. The smallest absolute Gasteiger partial charge is 0.409 e. The van der Waals surface area contributed by atoms with Crippen LogP contribution in [0.25, 0.3) is 22.6 Å². The van der Waals surface area contributed by atoms with Gasteiger partial charge in [0.15, 0.2) is 5.82 Å². The van der Waals surface area contributed by atoms with E-state index >= 15 is 0 Å². The number of nitrogen functional groups attached to an aromatic ring is 1. The Balaban J connectivity index is 0.000000320. The van der Waals surface area contributed by atoms with Crippen LogP contribution in [-0.2, 0) is 4.74 Å². The van der Waals surface area contributed by atoms with E-state index in [0.29, 0.717) is 52.1 Å². The third kappa shape index (κ3) is 7.60. The molecule has 1 atom stereocenters. The van der Waals surface area contributed by atoms with E-state index in [1.807, 2.05) is 40.0 Å². The van der Waals surface area contributed by atoms with Crippen molar-refractivity contribution < 1.29 is 18.8 Å². The third-order valence-corrected chi connectivity index (χ3v) is 7.01. The lowest BCUT2D eigenvalue weighted by Gasteiger charge is -2.31. The van der Waals surface area contributed by atoms with Gasteiger partial charge in [0.05, 0.1) is 35.7 Å². The number of nitrogens with zero attached hydrogens (tertiary/aromatic N) is 4. The molecule has 1 aliphatic rings. The van der Waals surface area contributed by atoms with Crippen LogP contribution in [0.4, 0.5) is 10.6 Å². The first-order valence-corrected chi connectivity index (χ1v) is 13.5. The molecule has 2 aromatic heterocycles. The second-order valence-electron chi connectivity index (χ2n) is 9.56. The van der Waals surface area contributed by atoms with Gasteiger partial charge in [-0.15, -0.1) is 0 Å². The van der Waals surface area contributed by atoms with Crippen molar-refractivity contribution in [3.8, 4) is 28.4 Å². The summed E-state index contributed by atoms with van der Waals surface area (Å²) in [5.74, 6) is 2.20. The third-order valence-electron chi connectivity index (χ3n) is 6.68. The van der Waals surface area contributed by atoms with Gasteiger partial charge in [-0.05, 0) is 85.2 Å². The highest BCUT2D eigenvalue weighted by Gasteiger charge is 2.23. The lowest BCUT2D eigenvalue weighted by molar-refractivity contribution is 0.0945. The Labute approximate surface area is 235 Å². The quantitative estimate of drug-likeness (QED) is 0.357. The number of hydrogen-bond donors (Lipinski definition) is 2. The maximum Gasteiger partial charge on any atom is 0.409 e. The van der Waals surface area contributed by atoms with E-state index < -0.39 is 0 Å². The predicted octanol–water partition coefficient (Wildman–Crippen LogP) is 5.57. The molecule has 0 saturated carbocycles. The fourth-order valence-corrected chi connectivity index (χ4v) is 4.61. The molecule has 11 heteroatoms. The number of piperidine rings is 1. The number of aromatic nitrogens is 3. The zero-order chi connectivity index (χ0) is 28.5. The maximum absolute atomic E-state index is 11.1. The summed E-state index contributed by atoms with van der Waals surface area (Å²) < 4.78 is 15.8. The Morgan fingerprint density at radius 2 is 2.03 bits per heavy atom. The molecule has 3 heterocycles. The van der Waals surface area contributed by atoms with E-state index in [1.165, 1.54) is 13.5 Å². The minimum atomic E-state index is -0.183. The first-order valence-electron chi connectivity index (χ1n) is 13.2. The molecule has 3 N–H and O–H groups in total. The van der Waals surface area contributed by atoms with Crippen molar-refractivity contribution in [1.82, 2.24) is 25.3 Å². The summed E-state index contributed by atoms with van der Waals surface area (Å²) in [6, 6.07) is 5.80. The van der Waals surface area contributed by atoms with Gasteiger partial charge in [-0.1, -0.05) is 16.8 Å². The zero-order valence-electron chi connectivity index (χ0n) is 23.6. The highest BCUT2D eigenvalue weighted by Crippen LogP contribution is 2.35. The molecule has 0 radical (unpaired) electrons. The Morgan fingerprint density at radius 1 is 1.26 bits per heavy atom. The van der Waals surface area contributed by atoms with E-state index in [-0.39, 0.29) is 6.09 Å². The van der Waals surface area contributed by atoms with Crippen molar-refractivity contribution in [2.45, 2.75) is 59.4 Å². The Kier molecular flexibility index (Phi) is 10.9. The van der Waals surface area contributed by atoms with Gasteiger partial charge in [-0.2, -0.15) is 0 Å². The normalized spacial score (nSPS) is 14.9. The topological polar surface area (TPSA) is 129 Å². The van der Waals surface area contributed by atoms with E-state index in [9.17, 15) is 4.79 Å². The number of rotatable bonds is 7. The number of likely N-dealkylation sites (tertiary alicyclic amines) is 1. The molecular weight excluding hydrogens is 520 g/mol. The largest absolute Gasteiger partial charge is 0.494 e. The number of hydrogen-bond acceptors (Lipinski definition) is 9. The molecule has 10 nitrogen and oxygen atoms in total. The molecule has 3 aromatic rings. The van der Waals surface area contributed by atoms with Gasteiger partial charge in [-0.3, -0.25) is 0 Å². The Morgan fingerprint density at radius 3 is 2.67 bits per heavy atom. The van der Waals surface area contributed by atoms with Crippen LogP contribution in [0.1, 0.15) is 49.6 Å². The van der Waals surface area contributed by atoms with Crippen LogP contribution in [0.3, 0.4) is 0 Å². The number of carbonyl (C=O) groups is 1. The van der Waals surface area contributed by atoms with Gasteiger partial charge in [0.1, 0.15) is 17.3 Å². The molecule has 1 aliphatic heterocycles.